The number of thiazole rings is 2. The second-order valence-corrected chi connectivity index (χ2v) is 8.24. The molecule has 9 heteroatoms. The van der Waals surface area contributed by atoms with Crippen molar-refractivity contribution in [2.24, 2.45) is 0 Å². The smallest absolute Gasteiger partial charge is 0.260 e. The Bertz CT molecular complexity index is 1310. The SMILES string of the molecule is O=C(c1ccc2ncsc2c1)N(CCn1cccn1)c1nc2c(F)cccc2s1. The highest BCUT2D eigenvalue weighted by Gasteiger charge is 2.22. The van der Waals surface area contributed by atoms with Crippen LogP contribution in [0.4, 0.5) is 9.52 Å². The molecule has 5 aromatic rings. The quantitative estimate of drug-likeness (QED) is 0.415. The van der Waals surface area contributed by atoms with Crippen LogP contribution in [0.5, 0.6) is 0 Å². The van der Waals surface area contributed by atoms with Gasteiger partial charge in [-0.05, 0) is 36.4 Å². The summed E-state index contributed by atoms with van der Waals surface area (Å²) in [5.41, 5.74) is 3.44. The maximum Gasteiger partial charge on any atom is 0.260 e. The molecule has 0 atom stereocenters. The minimum Gasteiger partial charge on any atom is -0.282 e. The lowest BCUT2D eigenvalue weighted by Gasteiger charge is -2.20. The first-order valence-electron chi connectivity index (χ1n) is 8.86. The number of carbonyl (C=O) groups is 1. The van der Waals surface area contributed by atoms with Crippen LogP contribution in [0, 0.1) is 5.82 Å². The molecule has 29 heavy (non-hydrogen) atoms. The molecule has 0 N–H and O–H groups in total. The number of hydrogen-bond acceptors (Lipinski definition) is 6. The minimum absolute atomic E-state index is 0.188. The van der Waals surface area contributed by atoms with E-state index in [2.05, 4.69) is 15.1 Å². The number of carbonyl (C=O) groups excluding carboxylic acids is 1. The van der Waals surface area contributed by atoms with Gasteiger partial charge < -0.3 is 0 Å². The Balaban J connectivity index is 1.54. The second-order valence-electron chi connectivity index (χ2n) is 6.34. The van der Waals surface area contributed by atoms with Gasteiger partial charge in [0.25, 0.3) is 5.91 Å². The number of rotatable bonds is 5. The third kappa shape index (κ3) is 3.39. The standard InChI is InChI=1S/C20H14FN5OS2/c21-14-3-1-4-16-18(14)24-20(29-16)26(10-9-25-8-2-7-23-25)19(27)13-5-6-15-17(11-13)28-12-22-15/h1-8,11-12H,9-10H2. The van der Waals surface area contributed by atoms with Crippen LogP contribution in [0.1, 0.15) is 10.4 Å². The summed E-state index contributed by atoms with van der Waals surface area (Å²) >= 11 is 2.78. The number of halogens is 1. The Kier molecular flexibility index (Phi) is 4.53. The second kappa shape index (κ2) is 7.34. The molecule has 0 aliphatic carbocycles. The molecule has 0 saturated carbocycles. The van der Waals surface area contributed by atoms with Crippen LogP contribution in [0.2, 0.25) is 0 Å². The van der Waals surface area contributed by atoms with Gasteiger partial charge in [-0.15, -0.1) is 11.3 Å². The highest BCUT2D eigenvalue weighted by molar-refractivity contribution is 7.22. The number of anilines is 1. The van der Waals surface area contributed by atoms with Gasteiger partial charge in [0, 0.05) is 24.5 Å². The van der Waals surface area contributed by atoms with Crippen LogP contribution in [0.3, 0.4) is 0 Å². The molecule has 2 aromatic carbocycles. The molecule has 0 unspecified atom stereocenters. The van der Waals surface area contributed by atoms with Crippen molar-refractivity contribution in [2.75, 3.05) is 11.4 Å². The average Bonchev–Trinajstić information content (AvgIpc) is 3.48. The largest absolute Gasteiger partial charge is 0.282 e. The predicted octanol–water partition coefficient (Wildman–Crippen LogP) is 4.59. The van der Waals surface area contributed by atoms with Gasteiger partial charge in [0.05, 0.1) is 27.0 Å². The summed E-state index contributed by atoms with van der Waals surface area (Å²) in [6, 6.07) is 12.1. The monoisotopic (exact) mass is 423 g/mol. The van der Waals surface area contributed by atoms with Crippen LogP contribution in [-0.2, 0) is 6.54 Å². The van der Waals surface area contributed by atoms with E-state index in [0.717, 1.165) is 10.2 Å². The Morgan fingerprint density at radius 2 is 2.10 bits per heavy atom. The summed E-state index contributed by atoms with van der Waals surface area (Å²) in [6.07, 6.45) is 3.53. The first-order chi connectivity index (χ1) is 14.2. The van der Waals surface area contributed by atoms with Crippen molar-refractivity contribution in [3.8, 4) is 0 Å². The molecule has 3 aromatic heterocycles. The number of nitrogens with zero attached hydrogens (tertiary/aromatic N) is 5. The van der Waals surface area contributed by atoms with E-state index in [1.807, 2.05) is 24.4 Å². The normalized spacial score (nSPS) is 11.3. The topological polar surface area (TPSA) is 63.9 Å². The fraction of sp³-hybridized carbons (Fsp3) is 0.100. The summed E-state index contributed by atoms with van der Waals surface area (Å²) in [7, 11) is 0. The lowest BCUT2D eigenvalue weighted by molar-refractivity contribution is 0.0986. The van der Waals surface area contributed by atoms with E-state index in [4.69, 9.17) is 0 Å². The molecule has 0 fully saturated rings. The van der Waals surface area contributed by atoms with Gasteiger partial charge in [0.15, 0.2) is 5.13 Å². The highest BCUT2D eigenvalue weighted by Crippen LogP contribution is 2.31. The molecule has 0 radical (unpaired) electrons. The Morgan fingerprint density at radius 3 is 2.93 bits per heavy atom. The summed E-state index contributed by atoms with van der Waals surface area (Å²) in [5, 5.41) is 4.66. The van der Waals surface area contributed by atoms with Crippen molar-refractivity contribution in [1.29, 1.82) is 0 Å². The van der Waals surface area contributed by atoms with E-state index >= 15 is 0 Å². The molecule has 0 aliphatic heterocycles. The van der Waals surface area contributed by atoms with E-state index < -0.39 is 5.82 Å². The zero-order valence-corrected chi connectivity index (χ0v) is 16.7. The maximum atomic E-state index is 14.2. The lowest BCUT2D eigenvalue weighted by Crippen LogP contribution is -2.34. The predicted molar refractivity (Wildman–Crippen MR) is 113 cm³/mol. The molecule has 144 valence electrons. The fourth-order valence-corrected chi connectivity index (χ4v) is 4.80. The van der Waals surface area contributed by atoms with Crippen molar-refractivity contribution in [2.45, 2.75) is 6.54 Å². The van der Waals surface area contributed by atoms with Gasteiger partial charge in [0.2, 0.25) is 0 Å². The Morgan fingerprint density at radius 1 is 1.17 bits per heavy atom. The number of benzene rings is 2. The molecular weight excluding hydrogens is 409 g/mol. The number of fused-ring (bicyclic) bond motifs is 2. The van der Waals surface area contributed by atoms with Crippen LogP contribution >= 0.6 is 22.7 Å². The van der Waals surface area contributed by atoms with Gasteiger partial charge in [-0.25, -0.2) is 14.4 Å². The summed E-state index contributed by atoms with van der Waals surface area (Å²) in [5.74, 6) is -0.581. The van der Waals surface area contributed by atoms with Crippen molar-refractivity contribution in [3.05, 3.63) is 71.7 Å². The lowest BCUT2D eigenvalue weighted by atomic mass is 10.2. The number of hydrogen-bond donors (Lipinski definition) is 0. The van der Waals surface area contributed by atoms with Crippen LogP contribution < -0.4 is 4.90 Å². The third-order valence-corrected chi connectivity index (χ3v) is 6.36. The highest BCUT2D eigenvalue weighted by atomic mass is 32.1. The van der Waals surface area contributed by atoms with Gasteiger partial charge in [-0.2, -0.15) is 5.10 Å². The van der Waals surface area contributed by atoms with Crippen LogP contribution in [0.25, 0.3) is 20.4 Å². The first-order valence-corrected chi connectivity index (χ1v) is 10.6. The molecule has 3 heterocycles. The van der Waals surface area contributed by atoms with E-state index in [9.17, 15) is 9.18 Å². The molecule has 0 bridgehead atoms. The van der Waals surface area contributed by atoms with Gasteiger partial charge in [-0.1, -0.05) is 17.4 Å². The Labute approximate surface area is 172 Å². The molecular formula is C20H14FN5OS2. The average molecular weight is 423 g/mol. The fourth-order valence-electron chi connectivity index (χ4n) is 3.08. The van der Waals surface area contributed by atoms with Crippen molar-refractivity contribution < 1.29 is 9.18 Å². The number of aromatic nitrogens is 4. The van der Waals surface area contributed by atoms with E-state index in [1.54, 1.807) is 39.5 Å². The van der Waals surface area contributed by atoms with Crippen molar-refractivity contribution in [1.82, 2.24) is 19.7 Å². The van der Waals surface area contributed by atoms with Crippen molar-refractivity contribution >= 4 is 54.1 Å². The first kappa shape index (κ1) is 17.9. The molecule has 6 nitrogen and oxygen atoms in total. The molecule has 0 aliphatic rings. The number of amides is 1. The minimum atomic E-state index is -0.393. The third-order valence-electron chi connectivity index (χ3n) is 4.52. The summed E-state index contributed by atoms with van der Waals surface area (Å²) < 4.78 is 17.6. The molecule has 1 amide bonds. The molecule has 5 rings (SSSR count). The van der Waals surface area contributed by atoms with Crippen molar-refractivity contribution in [3.63, 3.8) is 0 Å². The van der Waals surface area contributed by atoms with Crippen LogP contribution in [0.15, 0.2) is 60.4 Å². The van der Waals surface area contributed by atoms with E-state index in [-0.39, 0.29) is 11.4 Å². The zero-order valence-electron chi connectivity index (χ0n) is 15.0. The summed E-state index contributed by atoms with van der Waals surface area (Å²) in [4.78, 5) is 23.7. The van der Waals surface area contributed by atoms with Crippen LogP contribution in [-0.4, -0.2) is 32.2 Å². The van der Waals surface area contributed by atoms with E-state index in [1.165, 1.54) is 28.7 Å². The summed E-state index contributed by atoms with van der Waals surface area (Å²) in [6.45, 7) is 0.864. The molecule has 0 saturated heterocycles. The van der Waals surface area contributed by atoms with Gasteiger partial charge in [-0.3, -0.25) is 14.4 Å². The molecule has 0 spiro atoms. The number of para-hydroxylation sites is 1. The maximum absolute atomic E-state index is 14.2. The van der Waals surface area contributed by atoms with Gasteiger partial charge in [0.1, 0.15) is 11.3 Å². The zero-order chi connectivity index (χ0) is 19.8. The Hall–Kier alpha value is -3.17. The van der Waals surface area contributed by atoms with Gasteiger partial charge >= 0.3 is 0 Å². The van der Waals surface area contributed by atoms with E-state index in [0.29, 0.717) is 28.5 Å².